The number of pyridine rings is 1. The second-order valence-corrected chi connectivity index (χ2v) is 7.97. The molecule has 0 radical (unpaired) electrons. The molecule has 0 fully saturated rings. The van der Waals surface area contributed by atoms with Crippen LogP contribution in [0.4, 0.5) is 5.82 Å². The van der Waals surface area contributed by atoms with E-state index in [0.29, 0.717) is 51.3 Å². The molecule has 1 aliphatic rings. The van der Waals surface area contributed by atoms with E-state index in [4.69, 9.17) is 4.84 Å². The highest BCUT2D eigenvalue weighted by Crippen LogP contribution is 2.46. The number of anilines is 1. The maximum Gasteiger partial charge on any atom is 0.264 e. The summed E-state index contributed by atoms with van der Waals surface area (Å²) in [7, 11) is 0. The van der Waals surface area contributed by atoms with Gasteiger partial charge in [0.15, 0.2) is 5.82 Å². The Balaban J connectivity index is 1.57. The summed E-state index contributed by atoms with van der Waals surface area (Å²) in [4.78, 5) is 19.3. The molecule has 3 aromatic heterocycles. The SMILES string of the molecule is CCn1c(=O)c(-c2[nH]nc3c2C(c2cn[nH]c2-c2ccccc2O)ON3)c(O)c2ccccc21. The van der Waals surface area contributed by atoms with Crippen LogP contribution in [0.2, 0.25) is 0 Å². The van der Waals surface area contributed by atoms with Crippen molar-refractivity contribution in [3.8, 4) is 34.0 Å². The van der Waals surface area contributed by atoms with Crippen molar-refractivity contribution >= 4 is 16.7 Å². The summed E-state index contributed by atoms with van der Waals surface area (Å²) in [6, 6.07) is 14.1. The highest BCUT2D eigenvalue weighted by molar-refractivity contribution is 5.93. The average molecular weight is 456 g/mol. The lowest BCUT2D eigenvalue weighted by Gasteiger charge is -2.15. The zero-order valence-corrected chi connectivity index (χ0v) is 18.0. The third-order valence-corrected chi connectivity index (χ3v) is 6.18. The molecule has 1 atom stereocenters. The lowest BCUT2D eigenvalue weighted by Crippen LogP contribution is -2.22. The molecule has 0 saturated heterocycles. The minimum Gasteiger partial charge on any atom is -0.507 e. The number of fused-ring (bicyclic) bond motifs is 2. The van der Waals surface area contributed by atoms with Gasteiger partial charge in [0.1, 0.15) is 23.2 Å². The van der Waals surface area contributed by atoms with E-state index in [1.165, 1.54) is 0 Å². The van der Waals surface area contributed by atoms with Gasteiger partial charge in [-0.2, -0.15) is 10.2 Å². The van der Waals surface area contributed by atoms with Crippen molar-refractivity contribution in [1.82, 2.24) is 25.0 Å². The first-order valence-corrected chi connectivity index (χ1v) is 10.8. The molecule has 0 amide bonds. The number of phenols is 1. The Labute approximate surface area is 192 Å². The van der Waals surface area contributed by atoms with Crippen LogP contribution < -0.4 is 11.0 Å². The summed E-state index contributed by atoms with van der Waals surface area (Å²) >= 11 is 0. The van der Waals surface area contributed by atoms with Gasteiger partial charge in [-0.3, -0.25) is 19.8 Å². The molecule has 2 aromatic carbocycles. The lowest BCUT2D eigenvalue weighted by molar-refractivity contribution is 0.154. The number of benzene rings is 2. The first-order chi connectivity index (χ1) is 16.6. The van der Waals surface area contributed by atoms with E-state index in [-0.39, 0.29) is 22.6 Å². The summed E-state index contributed by atoms with van der Waals surface area (Å²) in [6.07, 6.45) is 0.891. The van der Waals surface area contributed by atoms with Gasteiger partial charge >= 0.3 is 0 Å². The number of aryl methyl sites for hydroxylation is 1. The van der Waals surface area contributed by atoms with Crippen LogP contribution in [0.25, 0.3) is 33.4 Å². The number of rotatable bonds is 4. The molecule has 5 aromatic rings. The molecule has 0 spiro atoms. The number of aromatic nitrogens is 5. The first-order valence-electron chi connectivity index (χ1n) is 10.8. The van der Waals surface area contributed by atoms with E-state index >= 15 is 0 Å². The number of hydrogen-bond donors (Lipinski definition) is 5. The number of nitrogens with one attached hydrogen (secondary N) is 3. The molecule has 34 heavy (non-hydrogen) atoms. The lowest BCUT2D eigenvalue weighted by atomic mass is 9.96. The third-order valence-electron chi connectivity index (χ3n) is 6.18. The topological polar surface area (TPSA) is 141 Å². The normalized spacial score (nSPS) is 14.9. The molecule has 6 rings (SSSR count). The van der Waals surface area contributed by atoms with Gasteiger partial charge in [-0.05, 0) is 31.2 Å². The summed E-state index contributed by atoms with van der Waals surface area (Å²) in [5, 5.41) is 36.4. The molecule has 0 aliphatic carbocycles. The van der Waals surface area contributed by atoms with Crippen LogP contribution >= 0.6 is 0 Å². The summed E-state index contributed by atoms with van der Waals surface area (Å²) in [5.74, 6) is 0.361. The van der Waals surface area contributed by atoms with Crippen molar-refractivity contribution in [2.75, 3.05) is 5.48 Å². The molecule has 0 bridgehead atoms. The highest BCUT2D eigenvalue weighted by Gasteiger charge is 2.36. The van der Waals surface area contributed by atoms with Crippen molar-refractivity contribution in [2.24, 2.45) is 0 Å². The number of para-hydroxylation sites is 2. The van der Waals surface area contributed by atoms with Crippen LogP contribution in [0.3, 0.4) is 0 Å². The minimum atomic E-state index is -0.711. The monoisotopic (exact) mass is 456 g/mol. The number of aromatic hydroxyl groups is 2. The van der Waals surface area contributed by atoms with Crippen LogP contribution in [-0.2, 0) is 11.4 Å². The van der Waals surface area contributed by atoms with Gasteiger partial charge in [-0.1, -0.05) is 24.3 Å². The summed E-state index contributed by atoms with van der Waals surface area (Å²) in [6.45, 7) is 2.31. The molecule has 10 nitrogen and oxygen atoms in total. The largest absolute Gasteiger partial charge is 0.507 e. The number of hydrogen-bond acceptors (Lipinski definition) is 7. The Kier molecular flexibility index (Phi) is 4.42. The Bertz CT molecular complexity index is 1620. The third kappa shape index (κ3) is 2.75. The molecule has 10 heteroatoms. The number of phenolic OH excluding ortho intramolecular Hbond substituents is 1. The fraction of sp³-hybridized carbons (Fsp3) is 0.125. The number of nitrogens with zero attached hydrogens (tertiary/aromatic N) is 3. The zero-order chi connectivity index (χ0) is 23.4. The van der Waals surface area contributed by atoms with Crippen molar-refractivity contribution in [2.45, 2.75) is 19.6 Å². The van der Waals surface area contributed by atoms with E-state index in [0.717, 1.165) is 0 Å². The Morgan fingerprint density at radius 3 is 2.68 bits per heavy atom. The summed E-state index contributed by atoms with van der Waals surface area (Å²) in [5.41, 5.74) is 5.87. The fourth-order valence-electron chi connectivity index (χ4n) is 4.59. The van der Waals surface area contributed by atoms with Crippen molar-refractivity contribution in [1.29, 1.82) is 0 Å². The Hall–Kier alpha value is -4.57. The quantitative estimate of drug-likeness (QED) is 0.278. The van der Waals surface area contributed by atoms with Crippen LogP contribution in [0.5, 0.6) is 11.5 Å². The Morgan fingerprint density at radius 2 is 1.85 bits per heavy atom. The van der Waals surface area contributed by atoms with Crippen molar-refractivity contribution < 1.29 is 15.1 Å². The van der Waals surface area contributed by atoms with E-state index in [9.17, 15) is 15.0 Å². The molecular formula is C24H20N6O4. The predicted octanol–water partition coefficient (Wildman–Crippen LogP) is 3.66. The van der Waals surface area contributed by atoms with Crippen molar-refractivity contribution in [3.05, 3.63) is 76.2 Å². The van der Waals surface area contributed by atoms with Gasteiger partial charge in [0, 0.05) is 23.1 Å². The molecule has 0 saturated carbocycles. The smallest absolute Gasteiger partial charge is 0.264 e. The number of H-pyrrole nitrogens is 2. The van der Waals surface area contributed by atoms with E-state index in [2.05, 4.69) is 25.9 Å². The van der Waals surface area contributed by atoms with Gasteiger partial charge in [0.2, 0.25) is 0 Å². The Morgan fingerprint density at radius 1 is 1.06 bits per heavy atom. The summed E-state index contributed by atoms with van der Waals surface area (Å²) < 4.78 is 1.61. The zero-order valence-electron chi connectivity index (χ0n) is 18.0. The van der Waals surface area contributed by atoms with Gasteiger partial charge < -0.3 is 14.8 Å². The van der Waals surface area contributed by atoms with Crippen molar-refractivity contribution in [3.63, 3.8) is 0 Å². The van der Waals surface area contributed by atoms with Gasteiger partial charge in [-0.15, -0.1) is 0 Å². The number of aromatic amines is 2. The van der Waals surface area contributed by atoms with E-state index in [1.54, 1.807) is 41.1 Å². The van der Waals surface area contributed by atoms with Crippen LogP contribution in [-0.4, -0.2) is 35.2 Å². The highest BCUT2D eigenvalue weighted by atomic mass is 16.7. The predicted molar refractivity (Wildman–Crippen MR) is 125 cm³/mol. The van der Waals surface area contributed by atoms with Gasteiger partial charge in [0.25, 0.3) is 5.56 Å². The second kappa shape index (κ2) is 7.49. The minimum absolute atomic E-state index is 0.0876. The van der Waals surface area contributed by atoms with Crippen LogP contribution in [0, 0.1) is 0 Å². The second-order valence-electron chi connectivity index (χ2n) is 7.97. The first kappa shape index (κ1) is 20.1. The average Bonchev–Trinajstić information content (AvgIpc) is 3.57. The van der Waals surface area contributed by atoms with Gasteiger partial charge in [-0.25, -0.2) is 5.48 Å². The fourth-order valence-corrected chi connectivity index (χ4v) is 4.59. The molecule has 1 unspecified atom stereocenters. The van der Waals surface area contributed by atoms with Crippen LogP contribution in [0.15, 0.2) is 59.5 Å². The molecule has 170 valence electrons. The molecule has 5 N–H and O–H groups in total. The standard InChI is InChI=1S/C24H20N6O4/c1-2-30-15-9-5-3-7-12(15)21(32)17(24(30)33)20-18-22(34-29-23(18)28-27-20)14-11-25-26-19(14)13-8-4-6-10-16(13)31/h3-11,22,31-32H,2H2,1H3,(H,25,26)(H2,27,28,29). The maximum atomic E-state index is 13.5. The maximum absolute atomic E-state index is 13.5. The van der Waals surface area contributed by atoms with E-state index in [1.807, 2.05) is 25.1 Å². The van der Waals surface area contributed by atoms with Gasteiger partial charge in [0.05, 0.1) is 28.7 Å². The molecule has 1 aliphatic heterocycles. The molecular weight excluding hydrogens is 436 g/mol. The van der Waals surface area contributed by atoms with Crippen LogP contribution in [0.1, 0.15) is 24.2 Å². The van der Waals surface area contributed by atoms with E-state index < -0.39 is 6.10 Å². The molecule has 4 heterocycles.